The van der Waals surface area contributed by atoms with Crippen LogP contribution in [0.2, 0.25) is 0 Å². The van der Waals surface area contributed by atoms with Crippen LogP contribution in [0.4, 0.5) is 0 Å². The summed E-state index contributed by atoms with van der Waals surface area (Å²) in [6.07, 6.45) is 4.14. The van der Waals surface area contributed by atoms with E-state index < -0.39 is 0 Å². The number of hydrogen-bond donors (Lipinski definition) is 1. The van der Waals surface area contributed by atoms with E-state index in [0.29, 0.717) is 31.2 Å². The summed E-state index contributed by atoms with van der Waals surface area (Å²) < 4.78 is 4.78. The quantitative estimate of drug-likeness (QED) is 0.564. The molecule has 0 saturated carbocycles. The van der Waals surface area contributed by atoms with Crippen molar-refractivity contribution in [3.63, 3.8) is 0 Å². The van der Waals surface area contributed by atoms with Crippen molar-refractivity contribution in [2.45, 2.75) is 25.7 Å². The Kier molecular flexibility index (Phi) is 5.77. The number of carbonyl (C=O) groups excluding carboxylic acids is 1. The third-order valence-electron chi connectivity index (χ3n) is 1.86. The Morgan fingerprint density at radius 1 is 1.53 bits per heavy atom. The lowest BCUT2D eigenvalue weighted by atomic mass is 10.2. The van der Waals surface area contributed by atoms with Gasteiger partial charge in [0, 0.05) is 25.3 Å². The second-order valence-electron chi connectivity index (χ2n) is 3.08. The van der Waals surface area contributed by atoms with Crippen LogP contribution in [-0.4, -0.2) is 28.5 Å². The van der Waals surface area contributed by atoms with Gasteiger partial charge in [-0.3, -0.25) is 4.79 Å². The van der Waals surface area contributed by atoms with Crippen LogP contribution >= 0.6 is 11.6 Å². The lowest BCUT2D eigenvalue weighted by Gasteiger charge is -2.02. The molecule has 1 aromatic rings. The Bertz CT molecular complexity index is 277. The molecular formula is C9H14ClN3O2. The van der Waals surface area contributed by atoms with Crippen molar-refractivity contribution in [1.82, 2.24) is 15.5 Å². The Morgan fingerprint density at radius 2 is 2.40 bits per heavy atom. The molecule has 0 unspecified atom stereocenters. The fraction of sp³-hybridized carbons (Fsp3) is 0.667. The van der Waals surface area contributed by atoms with Gasteiger partial charge in [0.05, 0.1) is 0 Å². The zero-order valence-electron chi connectivity index (χ0n) is 8.41. The number of alkyl halides is 1. The van der Waals surface area contributed by atoms with Gasteiger partial charge in [0.1, 0.15) is 0 Å². The Morgan fingerprint density at radius 3 is 3.07 bits per heavy atom. The minimum atomic E-state index is 0.0413. The summed E-state index contributed by atoms with van der Waals surface area (Å²) in [5, 5.41) is 6.24. The van der Waals surface area contributed by atoms with E-state index in [2.05, 4.69) is 15.5 Å². The van der Waals surface area contributed by atoms with Gasteiger partial charge in [0.2, 0.25) is 11.8 Å². The van der Waals surface area contributed by atoms with Crippen molar-refractivity contribution in [1.29, 1.82) is 0 Å². The summed E-state index contributed by atoms with van der Waals surface area (Å²) in [6.45, 7) is 0.530. The predicted molar refractivity (Wildman–Crippen MR) is 55.6 cm³/mol. The molecule has 0 atom stereocenters. The molecule has 0 aliphatic heterocycles. The second kappa shape index (κ2) is 7.23. The molecule has 0 aromatic carbocycles. The highest BCUT2D eigenvalue weighted by Gasteiger charge is 2.02. The van der Waals surface area contributed by atoms with Crippen LogP contribution in [0.25, 0.3) is 0 Å². The number of amides is 1. The lowest BCUT2D eigenvalue weighted by molar-refractivity contribution is -0.121. The van der Waals surface area contributed by atoms with Crippen molar-refractivity contribution in [3.05, 3.63) is 12.2 Å². The van der Waals surface area contributed by atoms with Crippen LogP contribution in [0.1, 0.15) is 25.2 Å². The number of nitrogens with one attached hydrogen (secondary N) is 1. The summed E-state index contributed by atoms with van der Waals surface area (Å²) in [4.78, 5) is 15.1. The lowest BCUT2D eigenvalue weighted by Crippen LogP contribution is -2.25. The number of rotatable bonds is 7. The van der Waals surface area contributed by atoms with Crippen LogP contribution in [0.3, 0.4) is 0 Å². The number of halogens is 1. The van der Waals surface area contributed by atoms with E-state index in [1.54, 1.807) is 0 Å². The monoisotopic (exact) mass is 231 g/mol. The average Bonchev–Trinajstić information content (AvgIpc) is 2.71. The van der Waals surface area contributed by atoms with Crippen LogP contribution < -0.4 is 5.32 Å². The molecule has 1 aromatic heterocycles. The van der Waals surface area contributed by atoms with Gasteiger partial charge in [-0.15, -0.1) is 11.6 Å². The van der Waals surface area contributed by atoms with Crippen LogP contribution in [-0.2, 0) is 11.2 Å². The van der Waals surface area contributed by atoms with Crippen molar-refractivity contribution in [2.75, 3.05) is 12.4 Å². The maximum Gasteiger partial charge on any atom is 0.228 e. The molecule has 0 aliphatic carbocycles. The van der Waals surface area contributed by atoms with Gasteiger partial charge >= 0.3 is 0 Å². The van der Waals surface area contributed by atoms with Gasteiger partial charge in [-0.2, -0.15) is 4.98 Å². The normalized spacial score (nSPS) is 10.2. The summed E-state index contributed by atoms with van der Waals surface area (Å²) >= 11 is 5.50. The molecule has 84 valence electrons. The molecule has 15 heavy (non-hydrogen) atoms. The molecule has 0 aliphatic rings. The summed E-state index contributed by atoms with van der Waals surface area (Å²) in [6, 6.07) is 0. The maximum absolute atomic E-state index is 11.2. The molecule has 0 spiro atoms. The Labute approximate surface area is 93.2 Å². The van der Waals surface area contributed by atoms with E-state index in [0.717, 1.165) is 12.8 Å². The molecule has 0 bridgehead atoms. The minimum Gasteiger partial charge on any atom is -0.356 e. The fourth-order valence-corrected chi connectivity index (χ4v) is 1.27. The Balaban J connectivity index is 2.02. The third kappa shape index (κ3) is 5.37. The molecule has 0 fully saturated rings. The number of unbranched alkanes of at least 4 members (excludes halogenated alkanes) is 1. The van der Waals surface area contributed by atoms with Gasteiger partial charge in [0.25, 0.3) is 0 Å². The first-order valence-electron chi connectivity index (χ1n) is 4.91. The van der Waals surface area contributed by atoms with Gasteiger partial charge in [0.15, 0.2) is 6.33 Å². The van der Waals surface area contributed by atoms with Crippen molar-refractivity contribution < 1.29 is 9.32 Å². The standard InChI is InChI=1S/C9H14ClN3O2/c10-5-2-1-3-8(14)11-6-4-9-12-7-13-15-9/h7H,1-6H2,(H,11,14). The van der Waals surface area contributed by atoms with Crippen molar-refractivity contribution in [2.24, 2.45) is 0 Å². The first-order chi connectivity index (χ1) is 7.33. The van der Waals surface area contributed by atoms with E-state index in [1.807, 2.05) is 0 Å². The van der Waals surface area contributed by atoms with Crippen LogP contribution in [0.5, 0.6) is 0 Å². The predicted octanol–water partition coefficient (Wildman–Crippen LogP) is 1.14. The van der Waals surface area contributed by atoms with Crippen LogP contribution in [0, 0.1) is 0 Å². The van der Waals surface area contributed by atoms with E-state index >= 15 is 0 Å². The van der Waals surface area contributed by atoms with Gasteiger partial charge in [-0.25, -0.2) is 0 Å². The zero-order chi connectivity index (χ0) is 10.9. The maximum atomic E-state index is 11.2. The molecule has 1 amide bonds. The van der Waals surface area contributed by atoms with Gasteiger partial charge in [-0.05, 0) is 12.8 Å². The molecule has 5 nitrogen and oxygen atoms in total. The van der Waals surface area contributed by atoms with E-state index in [4.69, 9.17) is 16.1 Å². The van der Waals surface area contributed by atoms with E-state index in [-0.39, 0.29) is 5.91 Å². The Hall–Kier alpha value is -1.10. The molecular weight excluding hydrogens is 218 g/mol. The highest BCUT2D eigenvalue weighted by molar-refractivity contribution is 6.17. The fourth-order valence-electron chi connectivity index (χ4n) is 1.08. The summed E-state index contributed by atoms with van der Waals surface area (Å²) in [5.74, 6) is 1.19. The molecule has 0 radical (unpaired) electrons. The average molecular weight is 232 g/mol. The van der Waals surface area contributed by atoms with Crippen LogP contribution in [0.15, 0.2) is 10.9 Å². The zero-order valence-corrected chi connectivity index (χ0v) is 9.16. The first-order valence-corrected chi connectivity index (χ1v) is 5.44. The summed E-state index contributed by atoms with van der Waals surface area (Å²) in [7, 11) is 0. The van der Waals surface area contributed by atoms with Gasteiger partial charge in [-0.1, -0.05) is 5.16 Å². The number of carbonyl (C=O) groups is 1. The third-order valence-corrected chi connectivity index (χ3v) is 2.12. The largest absolute Gasteiger partial charge is 0.356 e. The first kappa shape index (κ1) is 12.0. The van der Waals surface area contributed by atoms with E-state index in [1.165, 1.54) is 6.33 Å². The molecule has 1 N–H and O–H groups in total. The van der Waals surface area contributed by atoms with Crippen molar-refractivity contribution >= 4 is 17.5 Å². The number of aromatic nitrogens is 2. The van der Waals surface area contributed by atoms with Gasteiger partial charge < -0.3 is 9.84 Å². The molecule has 1 rings (SSSR count). The van der Waals surface area contributed by atoms with E-state index in [9.17, 15) is 4.79 Å². The SMILES string of the molecule is O=C(CCCCCl)NCCc1ncno1. The number of hydrogen-bond acceptors (Lipinski definition) is 4. The molecule has 6 heteroatoms. The minimum absolute atomic E-state index is 0.0413. The highest BCUT2D eigenvalue weighted by Crippen LogP contribution is 1.97. The smallest absolute Gasteiger partial charge is 0.228 e. The van der Waals surface area contributed by atoms with Crippen molar-refractivity contribution in [3.8, 4) is 0 Å². The second-order valence-corrected chi connectivity index (χ2v) is 3.46. The topological polar surface area (TPSA) is 68.0 Å². The summed E-state index contributed by atoms with van der Waals surface area (Å²) in [5.41, 5.74) is 0. The highest BCUT2D eigenvalue weighted by atomic mass is 35.5. The molecule has 0 saturated heterocycles. The number of nitrogens with zero attached hydrogens (tertiary/aromatic N) is 2. The molecule has 1 heterocycles.